The number of hydrogen-bond donors (Lipinski definition) is 0. The summed E-state index contributed by atoms with van der Waals surface area (Å²) in [4.78, 5) is 17.2. The first-order chi connectivity index (χ1) is 9.18. The van der Waals surface area contributed by atoms with Crippen LogP contribution in [-0.2, 0) is 7.05 Å². The van der Waals surface area contributed by atoms with Crippen LogP contribution in [0.2, 0.25) is 0 Å². The van der Waals surface area contributed by atoms with E-state index in [0.717, 1.165) is 25.1 Å². The van der Waals surface area contributed by atoms with E-state index in [4.69, 9.17) is 0 Å². The minimum atomic E-state index is 0.204. The molecule has 19 heavy (non-hydrogen) atoms. The Morgan fingerprint density at radius 1 is 1.16 bits per heavy atom. The van der Waals surface area contributed by atoms with Crippen LogP contribution in [0.25, 0.3) is 0 Å². The topological polar surface area (TPSA) is 28.5 Å². The van der Waals surface area contributed by atoms with E-state index in [1.807, 2.05) is 29.9 Å². The van der Waals surface area contributed by atoms with E-state index in [-0.39, 0.29) is 5.91 Å². The van der Waals surface area contributed by atoms with Crippen LogP contribution in [0.5, 0.6) is 0 Å². The van der Waals surface area contributed by atoms with E-state index in [9.17, 15) is 4.79 Å². The summed E-state index contributed by atoms with van der Waals surface area (Å²) < 4.78 is 1.93. The fourth-order valence-electron chi connectivity index (χ4n) is 3.70. The van der Waals surface area contributed by atoms with Gasteiger partial charge in [0.1, 0.15) is 5.69 Å². The molecule has 0 aromatic carbocycles. The molecule has 0 saturated carbocycles. The van der Waals surface area contributed by atoms with Gasteiger partial charge in [0, 0.05) is 31.9 Å². The van der Waals surface area contributed by atoms with Gasteiger partial charge in [-0.25, -0.2) is 0 Å². The maximum atomic E-state index is 12.7. The minimum Gasteiger partial charge on any atom is -0.347 e. The van der Waals surface area contributed by atoms with Gasteiger partial charge in [-0.1, -0.05) is 0 Å². The maximum Gasteiger partial charge on any atom is 0.270 e. The number of amides is 1. The lowest BCUT2D eigenvalue weighted by molar-refractivity contribution is 0.0655. The molecule has 104 valence electrons. The second-order valence-electron chi connectivity index (χ2n) is 5.90. The number of aryl methyl sites for hydroxylation is 1. The first-order valence-corrected chi connectivity index (χ1v) is 7.31. The van der Waals surface area contributed by atoms with Gasteiger partial charge in [-0.15, -0.1) is 0 Å². The van der Waals surface area contributed by atoms with E-state index in [1.165, 1.54) is 19.4 Å². The first kappa shape index (κ1) is 12.7. The van der Waals surface area contributed by atoms with Crippen LogP contribution in [0.1, 0.15) is 36.2 Å². The Labute approximate surface area is 115 Å². The average molecular weight is 261 g/mol. The number of rotatable bonds is 2. The minimum absolute atomic E-state index is 0.204. The smallest absolute Gasteiger partial charge is 0.270 e. The van der Waals surface area contributed by atoms with Crippen molar-refractivity contribution in [1.29, 1.82) is 0 Å². The Kier molecular flexibility index (Phi) is 3.35. The molecule has 1 aromatic heterocycles. The molecule has 0 spiro atoms. The molecule has 0 unspecified atom stereocenters. The van der Waals surface area contributed by atoms with Crippen LogP contribution in [0.15, 0.2) is 18.3 Å². The monoisotopic (exact) mass is 261 g/mol. The zero-order chi connectivity index (χ0) is 13.4. The van der Waals surface area contributed by atoms with Gasteiger partial charge in [-0.2, -0.15) is 0 Å². The van der Waals surface area contributed by atoms with Crippen LogP contribution < -0.4 is 0 Å². The molecular formula is C15H23N3O. The summed E-state index contributed by atoms with van der Waals surface area (Å²) >= 11 is 0. The highest BCUT2D eigenvalue weighted by Crippen LogP contribution is 2.30. The molecule has 3 heterocycles. The van der Waals surface area contributed by atoms with Gasteiger partial charge in [-0.05, 0) is 51.4 Å². The molecule has 0 aliphatic carbocycles. The molecule has 4 heteroatoms. The summed E-state index contributed by atoms with van der Waals surface area (Å²) in [6, 6.07) is 4.84. The summed E-state index contributed by atoms with van der Waals surface area (Å²) in [5, 5.41) is 0. The molecule has 3 rings (SSSR count). The van der Waals surface area contributed by atoms with Crippen molar-refractivity contribution in [2.24, 2.45) is 7.05 Å². The first-order valence-electron chi connectivity index (χ1n) is 7.31. The molecule has 0 N–H and O–H groups in total. The number of nitrogens with zero attached hydrogens (tertiary/aromatic N) is 3. The normalized spacial score (nSPS) is 28.2. The average Bonchev–Trinajstić information content (AvgIpc) is 3.07. The molecule has 2 saturated heterocycles. The zero-order valence-electron chi connectivity index (χ0n) is 11.9. The van der Waals surface area contributed by atoms with Crippen molar-refractivity contribution >= 4 is 5.91 Å². The van der Waals surface area contributed by atoms with Crippen LogP contribution in [0.4, 0.5) is 0 Å². The Hall–Kier alpha value is -1.29. The molecule has 4 nitrogen and oxygen atoms in total. The highest BCUT2D eigenvalue weighted by molar-refractivity contribution is 5.93. The Morgan fingerprint density at radius 2 is 1.89 bits per heavy atom. The Balaban J connectivity index is 1.80. The number of carbonyl (C=O) groups is 1. The second-order valence-corrected chi connectivity index (χ2v) is 5.90. The summed E-state index contributed by atoms with van der Waals surface area (Å²) in [6.07, 6.45) is 6.75. The largest absolute Gasteiger partial charge is 0.347 e. The van der Waals surface area contributed by atoms with E-state index in [1.54, 1.807) is 0 Å². The van der Waals surface area contributed by atoms with Gasteiger partial charge >= 0.3 is 0 Å². The lowest BCUT2D eigenvalue weighted by Gasteiger charge is -2.33. The predicted octanol–water partition coefficient (Wildman–Crippen LogP) is 1.72. The van der Waals surface area contributed by atoms with Crippen LogP contribution in [0, 0.1) is 0 Å². The van der Waals surface area contributed by atoms with Crippen molar-refractivity contribution in [3.05, 3.63) is 24.0 Å². The number of hydrogen-bond acceptors (Lipinski definition) is 2. The third kappa shape index (κ3) is 2.18. The highest BCUT2D eigenvalue weighted by atomic mass is 16.2. The standard InChI is InChI=1S/C15H23N3O/c1-16-9-3-6-12(16)13-7-5-11-18(13)15(19)14-8-4-10-17(14)2/h4,8,10,12-13H,3,5-7,9,11H2,1-2H3/t12-,13-/m1/s1. The molecule has 2 atom stereocenters. The summed E-state index contributed by atoms with van der Waals surface area (Å²) in [6.45, 7) is 2.09. The molecule has 0 radical (unpaired) electrons. The van der Waals surface area contributed by atoms with Crippen LogP contribution in [0.3, 0.4) is 0 Å². The van der Waals surface area contributed by atoms with Gasteiger partial charge < -0.3 is 14.4 Å². The van der Waals surface area contributed by atoms with Gasteiger partial charge in [0.05, 0.1) is 0 Å². The maximum absolute atomic E-state index is 12.7. The van der Waals surface area contributed by atoms with E-state index < -0.39 is 0 Å². The Bertz CT molecular complexity index is 468. The lowest BCUT2D eigenvalue weighted by atomic mass is 10.0. The van der Waals surface area contributed by atoms with E-state index >= 15 is 0 Å². The molecule has 1 aromatic rings. The van der Waals surface area contributed by atoms with Gasteiger partial charge in [0.25, 0.3) is 5.91 Å². The third-order valence-corrected chi connectivity index (χ3v) is 4.74. The van der Waals surface area contributed by atoms with Crippen molar-refractivity contribution in [3.63, 3.8) is 0 Å². The number of likely N-dealkylation sites (N-methyl/N-ethyl adjacent to an activating group) is 1. The summed E-state index contributed by atoms with van der Waals surface area (Å²) in [5.41, 5.74) is 0.813. The van der Waals surface area contributed by atoms with Crippen LogP contribution in [-0.4, -0.2) is 52.5 Å². The number of carbonyl (C=O) groups excluding carboxylic acids is 1. The molecular weight excluding hydrogens is 238 g/mol. The fraction of sp³-hybridized carbons (Fsp3) is 0.667. The van der Waals surface area contributed by atoms with Crippen molar-refractivity contribution in [2.45, 2.75) is 37.8 Å². The van der Waals surface area contributed by atoms with Crippen molar-refractivity contribution in [3.8, 4) is 0 Å². The van der Waals surface area contributed by atoms with E-state index in [0.29, 0.717) is 12.1 Å². The number of likely N-dealkylation sites (tertiary alicyclic amines) is 2. The van der Waals surface area contributed by atoms with Crippen molar-refractivity contribution in [2.75, 3.05) is 20.1 Å². The summed E-state index contributed by atoms with van der Waals surface area (Å²) in [7, 11) is 4.14. The molecule has 2 aliphatic heterocycles. The molecule has 0 bridgehead atoms. The lowest BCUT2D eigenvalue weighted by Crippen LogP contribution is -2.47. The van der Waals surface area contributed by atoms with Gasteiger partial charge in [-0.3, -0.25) is 4.79 Å². The van der Waals surface area contributed by atoms with Gasteiger partial charge in [0.2, 0.25) is 0 Å². The molecule has 2 aliphatic rings. The fourth-order valence-corrected chi connectivity index (χ4v) is 3.70. The second kappa shape index (κ2) is 5.00. The molecule has 2 fully saturated rings. The van der Waals surface area contributed by atoms with Crippen molar-refractivity contribution < 1.29 is 4.79 Å². The third-order valence-electron chi connectivity index (χ3n) is 4.74. The predicted molar refractivity (Wildman–Crippen MR) is 75.1 cm³/mol. The summed E-state index contributed by atoms with van der Waals surface area (Å²) in [5.74, 6) is 0.204. The quantitative estimate of drug-likeness (QED) is 0.811. The van der Waals surface area contributed by atoms with Crippen LogP contribution >= 0.6 is 0 Å². The van der Waals surface area contributed by atoms with Gasteiger partial charge in [0.15, 0.2) is 0 Å². The molecule has 1 amide bonds. The highest BCUT2D eigenvalue weighted by Gasteiger charge is 2.38. The van der Waals surface area contributed by atoms with E-state index in [2.05, 4.69) is 16.8 Å². The SMILES string of the molecule is CN1CCC[C@@H]1[C@H]1CCCN1C(=O)c1cccn1C. The van der Waals surface area contributed by atoms with Crippen molar-refractivity contribution in [1.82, 2.24) is 14.4 Å². The Morgan fingerprint density at radius 3 is 2.53 bits per heavy atom. The number of aromatic nitrogens is 1. The zero-order valence-corrected chi connectivity index (χ0v) is 11.9.